The zero-order valence-corrected chi connectivity index (χ0v) is 8.16. The van der Waals surface area contributed by atoms with Crippen molar-refractivity contribution >= 4 is 5.91 Å². The first-order chi connectivity index (χ1) is 6.83. The van der Waals surface area contributed by atoms with Crippen molar-refractivity contribution in [3.63, 3.8) is 0 Å². The molecule has 14 heavy (non-hydrogen) atoms. The SMILES string of the molecule is NCCONC(=O)[C@H]1NCCC2CC21. The van der Waals surface area contributed by atoms with E-state index in [1.165, 1.54) is 12.8 Å². The fraction of sp³-hybridized carbons (Fsp3) is 0.889. The summed E-state index contributed by atoms with van der Waals surface area (Å²) in [6.45, 7) is 1.73. The number of nitrogens with two attached hydrogens (primary N) is 1. The van der Waals surface area contributed by atoms with E-state index in [-0.39, 0.29) is 11.9 Å². The first-order valence-electron chi connectivity index (χ1n) is 5.18. The zero-order chi connectivity index (χ0) is 9.97. The third-order valence-electron chi connectivity index (χ3n) is 2.96. The van der Waals surface area contributed by atoms with Crippen LogP contribution in [0.3, 0.4) is 0 Å². The second-order valence-corrected chi connectivity index (χ2v) is 3.98. The van der Waals surface area contributed by atoms with Gasteiger partial charge in [-0.1, -0.05) is 0 Å². The number of fused-ring (bicyclic) bond motifs is 1. The predicted octanol–water partition coefficient (Wildman–Crippen LogP) is -1.01. The molecule has 1 amide bonds. The molecule has 1 saturated heterocycles. The lowest BCUT2D eigenvalue weighted by atomic mass is 10.0. The third kappa shape index (κ3) is 2.05. The van der Waals surface area contributed by atoms with Crippen LogP contribution >= 0.6 is 0 Å². The highest BCUT2D eigenvalue weighted by molar-refractivity contribution is 5.81. The molecule has 3 atom stereocenters. The van der Waals surface area contributed by atoms with Crippen LogP contribution in [-0.4, -0.2) is 31.6 Å². The first kappa shape index (κ1) is 9.89. The molecule has 2 unspecified atom stereocenters. The number of hydrogen-bond acceptors (Lipinski definition) is 4. The van der Waals surface area contributed by atoms with Gasteiger partial charge >= 0.3 is 0 Å². The largest absolute Gasteiger partial charge is 0.328 e. The molecule has 1 heterocycles. The van der Waals surface area contributed by atoms with Gasteiger partial charge in [-0.05, 0) is 31.2 Å². The Morgan fingerprint density at radius 2 is 2.50 bits per heavy atom. The van der Waals surface area contributed by atoms with Crippen molar-refractivity contribution in [3.05, 3.63) is 0 Å². The van der Waals surface area contributed by atoms with Crippen LogP contribution in [0.5, 0.6) is 0 Å². The van der Waals surface area contributed by atoms with E-state index in [1.807, 2.05) is 0 Å². The Labute approximate surface area is 83.3 Å². The van der Waals surface area contributed by atoms with Gasteiger partial charge in [-0.25, -0.2) is 5.48 Å². The van der Waals surface area contributed by atoms with Gasteiger partial charge in [-0.2, -0.15) is 0 Å². The molecule has 5 nitrogen and oxygen atoms in total. The average molecular weight is 199 g/mol. The van der Waals surface area contributed by atoms with Gasteiger partial charge in [0.2, 0.25) is 0 Å². The molecule has 0 bridgehead atoms. The van der Waals surface area contributed by atoms with E-state index in [0.29, 0.717) is 19.1 Å². The molecule has 1 aliphatic carbocycles. The predicted molar refractivity (Wildman–Crippen MR) is 51.2 cm³/mol. The summed E-state index contributed by atoms with van der Waals surface area (Å²) in [5.41, 5.74) is 7.67. The molecule has 1 saturated carbocycles. The van der Waals surface area contributed by atoms with E-state index < -0.39 is 0 Å². The van der Waals surface area contributed by atoms with Crippen LogP contribution in [0.2, 0.25) is 0 Å². The van der Waals surface area contributed by atoms with Gasteiger partial charge in [-0.15, -0.1) is 0 Å². The normalized spacial score (nSPS) is 34.8. The van der Waals surface area contributed by atoms with Crippen LogP contribution in [0.15, 0.2) is 0 Å². The van der Waals surface area contributed by atoms with E-state index in [0.717, 1.165) is 12.5 Å². The maximum atomic E-state index is 11.6. The minimum absolute atomic E-state index is 0.0495. The van der Waals surface area contributed by atoms with Gasteiger partial charge < -0.3 is 11.1 Å². The van der Waals surface area contributed by atoms with Gasteiger partial charge in [0.1, 0.15) is 0 Å². The molecule has 2 fully saturated rings. The van der Waals surface area contributed by atoms with Crippen molar-refractivity contribution in [2.75, 3.05) is 19.7 Å². The fourth-order valence-electron chi connectivity index (χ4n) is 2.12. The van der Waals surface area contributed by atoms with E-state index in [2.05, 4.69) is 10.8 Å². The van der Waals surface area contributed by atoms with E-state index >= 15 is 0 Å². The number of rotatable bonds is 4. The van der Waals surface area contributed by atoms with Crippen LogP contribution in [0.25, 0.3) is 0 Å². The minimum atomic E-state index is -0.0503. The zero-order valence-electron chi connectivity index (χ0n) is 8.16. The molecule has 80 valence electrons. The lowest BCUT2D eigenvalue weighted by Gasteiger charge is -2.21. The van der Waals surface area contributed by atoms with E-state index in [1.54, 1.807) is 0 Å². The summed E-state index contributed by atoms with van der Waals surface area (Å²) >= 11 is 0. The Morgan fingerprint density at radius 3 is 3.29 bits per heavy atom. The lowest BCUT2D eigenvalue weighted by molar-refractivity contribution is -0.136. The standard InChI is InChI=1S/C9H17N3O2/c10-2-4-14-12-9(13)8-7-5-6(7)1-3-11-8/h6-8,11H,1-5,10H2,(H,12,13)/t6?,7?,8-/m0/s1. The number of nitrogens with one attached hydrogen (secondary N) is 2. The van der Waals surface area contributed by atoms with E-state index in [9.17, 15) is 4.79 Å². The highest BCUT2D eigenvalue weighted by Gasteiger charge is 2.48. The summed E-state index contributed by atoms with van der Waals surface area (Å²) in [6, 6.07) is -0.0495. The number of hydrogen-bond donors (Lipinski definition) is 3. The summed E-state index contributed by atoms with van der Waals surface area (Å²) in [6.07, 6.45) is 2.39. The molecular weight excluding hydrogens is 182 g/mol. The minimum Gasteiger partial charge on any atom is -0.328 e. The van der Waals surface area contributed by atoms with Gasteiger partial charge in [0.25, 0.3) is 5.91 Å². The molecule has 2 rings (SSSR count). The average Bonchev–Trinajstić information content (AvgIpc) is 2.96. The molecule has 0 spiro atoms. The summed E-state index contributed by atoms with van der Waals surface area (Å²) in [5.74, 6) is 1.25. The number of piperidine rings is 1. The van der Waals surface area contributed by atoms with Crippen LogP contribution in [0, 0.1) is 11.8 Å². The Balaban J connectivity index is 1.74. The maximum absolute atomic E-state index is 11.6. The number of carbonyl (C=O) groups is 1. The van der Waals surface area contributed by atoms with Crippen LogP contribution in [0.1, 0.15) is 12.8 Å². The fourth-order valence-corrected chi connectivity index (χ4v) is 2.12. The molecular formula is C9H17N3O2. The van der Waals surface area contributed by atoms with Crippen molar-refractivity contribution < 1.29 is 9.63 Å². The Kier molecular flexibility index (Phi) is 3.00. The van der Waals surface area contributed by atoms with Gasteiger partial charge in [-0.3, -0.25) is 9.63 Å². The second-order valence-electron chi connectivity index (χ2n) is 3.98. The quantitative estimate of drug-likeness (QED) is 0.400. The van der Waals surface area contributed by atoms with Crippen LogP contribution < -0.4 is 16.5 Å². The van der Waals surface area contributed by atoms with Gasteiger partial charge in [0.15, 0.2) is 0 Å². The molecule has 1 aliphatic heterocycles. The summed E-state index contributed by atoms with van der Waals surface area (Å²) in [5, 5.41) is 3.21. The van der Waals surface area contributed by atoms with Crippen molar-refractivity contribution in [2.45, 2.75) is 18.9 Å². The van der Waals surface area contributed by atoms with Crippen molar-refractivity contribution in [2.24, 2.45) is 17.6 Å². The Morgan fingerprint density at radius 1 is 1.64 bits per heavy atom. The van der Waals surface area contributed by atoms with Crippen molar-refractivity contribution in [1.29, 1.82) is 0 Å². The number of carbonyl (C=O) groups excluding carboxylic acids is 1. The third-order valence-corrected chi connectivity index (χ3v) is 2.96. The lowest BCUT2D eigenvalue weighted by Crippen LogP contribution is -2.48. The van der Waals surface area contributed by atoms with Crippen LogP contribution in [0.4, 0.5) is 0 Å². The first-order valence-corrected chi connectivity index (χ1v) is 5.18. The van der Waals surface area contributed by atoms with Crippen molar-refractivity contribution in [3.8, 4) is 0 Å². The number of hydroxylamine groups is 1. The summed E-state index contributed by atoms with van der Waals surface area (Å²) in [4.78, 5) is 16.5. The molecule has 5 heteroatoms. The van der Waals surface area contributed by atoms with Gasteiger partial charge in [0, 0.05) is 6.54 Å². The molecule has 4 N–H and O–H groups in total. The Hall–Kier alpha value is -0.650. The maximum Gasteiger partial charge on any atom is 0.260 e. The summed E-state index contributed by atoms with van der Waals surface area (Å²) < 4.78 is 0. The topological polar surface area (TPSA) is 76.4 Å². The molecule has 0 aromatic heterocycles. The summed E-state index contributed by atoms with van der Waals surface area (Å²) in [7, 11) is 0. The van der Waals surface area contributed by atoms with Crippen molar-refractivity contribution in [1.82, 2.24) is 10.8 Å². The highest BCUT2D eigenvalue weighted by atomic mass is 16.6. The second kappa shape index (κ2) is 4.25. The molecule has 0 aromatic carbocycles. The van der Waals surface area contributed by atoms with Crippen LogP contribution in [-0.2, 0) is 9.63 Å². The molecule has 0 aromatic rings. The molecule has 0 radical (unpaired) electrons. The molecule has 2 aliphatic rings. The number of amides is 1. The van der Waals surface area contributed by atoms with E-state index in [4.69, 9.17) is 10.6 Å². The monoisotopic (exact) mass is 199 g/mol. The smallest absolute Gasteiger partial charge is 0.260 e. The highest BCUT2D eigenvalue weighted by Crippen LogP contribution is 2.45. The van der Waals surface area contributed by atoms with Gasteiger partial charge in [0.05, 0.1) is 12.6 Å². The Bertz CT molecular complexity index is 222.